The van der Waals surface area contributed by atoms with E-state index in [9.17, 15) is 22.8 Å². The number of nitrogens with one attached hydrogen (secondary N) is 1. The summed E-state index contributed by atoms with van der Waals surface area (Å²) in [4.78, 5) is 26.5. The maximum absolute atomic E-state index is 13.9. The number of hydrogen-bond donors (Lipinski definition) is 1. The van der Waals surface area contributed by atoms with E-state index in [2.05, 4.69) is 5.32 Å². The number of halogens is 3. The van der Waals surface area contributed by atoms with Crippen LogP contribution in [0.1, 0.15) is 44.7 Å². The van der Waals surface area contributed by atoms with Gasteiger partial charge in [0.1, 0.15) is 0 Å². The highest BCUT2D eigenvalue weighted by Crippen LogP contribution is 2.28. The molecule has 0 atom stereocenters. The molecule has 0 radical (unpaired) electrons. The maximum atomic E-state index is 13.9. The van der Waals surface area contributed by atoms with Crippen LogP contribution in [-0.4, -0.2) is 29.8 Å². The Hall–Kier alpha value is -2.83. The average molecular weight is 388 g/mol. The van der Waals surface area contributed by atoms with Gasteiger partial charge in [0, 0.05) is 30.8 Å². The first-order valence-corrected chi connectivity index (χ1v) is 9.27. The summed E-state index contributed by atoms with van der Waals surface area (Å²) >= 11 is 0. The molecule has 0 saturated heterocycles. The number of benzene rings is 2. The van der Waals surface area contributed by atoms with Crippen LogP contribution in [0.5, 0.6) is 0 Å². The van der Waals surface area contributed by atoms with Gasteiger partial charge in [-0.3, -0.25) is 9.59 Å². The van der Waals surface area contributed by atoms with E-state index in [1.54, 1.807) is 18.2 Å². The molecule has 4 nitrogen and oxygen atoms in total. The van der Waals surface area contributed by atoms with Crippen LogP contribution < -0.4 is 5.32 Å². The van der Waals surface area contributed by atoms with Crippen molar-refractivity contribution in [2.45, 2.75) is 25.8 Å². The molecule has 1 N–H and O–H groups in total. The van der Waals surface area contributed by atoms with Gasteiger partial charge in [-0.25, -0.2) is 13.2 Å². The first-order valence-electron chi connectivity index (χ1n) is 9.27. The molecule has 2 aromatic carbocycles. The fourth-order valence-electron chi connectivity index (χ4n) is 3.44. The first kappa shape index (κ1) is 18.5. The predicted molar refractivity (Wildman–Crippen MR) is 96.3 cm³/mol. The minimum absolute atomic E-state index is 0.0135. The van der Waals surface area contributed by atoms with E-state index in [1.807, 2.05) is 0 Å². The van der Waals surface area contributed by atoms with E-state index in [-0.39, 0.29) is 42.5 Å². The zero-order valence-electron chi connectivity index (χ0n) is 15.1. The molecule has 0 aromatic heterocycles. The Bertz CT molecular complexity index is 957. The van der Waals surface area contributed by atoms with Crippen LogP contribution in [0.4, 0.5) is 13.2 Å². The monoisotopic (exact) mass is 388 g/mol. The van der Waals surface area contributed by atoms with E-state index >= 15 is 0 Å². The van der Waals surface area contributed by atoms with Gasteiger partial charge in [-0.05, 0) is 60.6 Å². The summed E-state index contributed by atoms with van der Waals surface area (Å²) in [6.07, 6.45) is 2.35. The molecule has 1 aliphatic heterocycles. The van der Waals surface area contributed by atoms with Crippen LogP contribution >= 0.6 is 0 Å². The molecule has 1 saturated carbocycles. The van der Waals surface area contributed by atoms with Gasteiger partial charge >= 0.3 is 0 Å². The van der Waals surface area contributed by atoms with E-state index in [4.69, 9.17) is 0 Å². The van der Waals surface area contributed by atoms with Gasteiger partial charge in [-0.15, -0.1) is 0 Å². The number of hydrogen-bond acceptors (Lipinski definition) is 2. The number of carbonyl (C=O) groups excluding carboxylic acids is 2. The van der Waals surface area contributed by atoms with Crippen molar-refractivity contribution >= 4 is 11.8 Å². The van der Waals surface area contributed by atoms with Gasteiger partial charge in [0.2, 0.25) is 0 Å². The summed E-state index contributed by atoms with van der Waals surface area (Å²) in [7, 11) is 0. The smallest absolute Gasteiger partial charge is 0.254 e. The van der Waals surface area contributed by atoms with Crippen molar-refractivity contribution in [3.05, 3.63) is 70.0 Å². The van der Waals surface area contributed by atoms with Gasteiger partial charge < -0.3 is 10.2 Å². The predicted octanol–water partition coefficient (Wildman–Crippen LogP) is 3.44. The summed E-state index contributed by atoms with van der Waals surface area (Å²) in [6, 6.07) is 7.33. The number of rotatable bonds is 4. The molecule has 0 unspecified atom stereocenters. The number of amides is 2. The summed E-state index contributed by atoms with van der Waals surface area (Å²) < 4.78 is 40.8. The molecular formula is C21H19F3N2O2. The zero-order valence-corrected chi connectivity index (χ0v) is 15.1. The Kier molecular flexibility index (Phi) is 4.83. The number of nitrogens with zero attached hydrogens (tertiary/aromatic N) is 1. The van der Waals surface area contributed by atoms with Crippen molar-refractivity contribution in [1.82, 2.24) is 10.2 Å². The van der Waals surface area contributed by atoms with E-state index in [1.165, 1.54) is 11.0 Å². The molecule has 28 heavy (non-hydrogen) atoms. The molecule has 2 amide bonds. The minimum atomic E-state index is -1.48. The number of fused-ring (bicyclic) bond motifs is 1. The lowest BCUT2D eigenvalue weighted by Crippen LogP contribution is -2.36. The molecule has 2 aromatic rings. The standard InChI is InChI=1S/C21H19F3N2O2/c22-17-9-15-11-26(7-6-16(15)18(23)19(17)24)21(28)14-3-1-2-13(8-14)20(27)25-10-12-4-5-12/h1-3,8-9,12H,4-7,10-11H2,(H,25,27). The van der Waals surface area contributed by atoms with Crippen molar-refractivity contribution in [2.75, 3.05) is 13.1 Å². The zero-order chi connectivity index (χ0) is 19.8. The second-order valence-corrected chi connectivity index (χ2v) is 7.33. The molecule has 2 aliphatic rings. The SMILES string of the molecule is O=C(NCC1CC1)c1cccc(C(=O)N2CCc3c(cc(F)c(F)c3F)C2)c1. The Morgan fingerprint density at radius 3 is 2.57 bits per heavy atom. The Morgan fingerprint density at radius 2 is 1.82 bits per heavy atom. The lowest BCUT2D eigenvalue weighted by Gasteiger charge is -2.29. The number of carbonyl (C=O) groups is 2. The highest BCUT2D eigenvalue weighted by molar-refractivity contribution is 5.99. The quantitative estimate of drug-likeness (QED) is 0.816. The normalized spacial score (nSPS) is 15.9. The minimum Gasteiger partial charge on any atom is -0.352 e. The lowest BCUT2D eigenvalue weighted by atomic mass is 9.97. The van der Waals surface area contributed by atoms with Crippen molar-refractivity contribution in [1.29, 1.82) is 0 Å². The van der Waals surface area contributed by atoms with Crippen molar-refractivity contribution in [3.63, 3.8) is 0 Å². The van der Waals surface area contributed by atoms with E-state index in [0.717, 1.165) is 18.9 Å². The van der Waals surface area contributed by atoms with Crippen LogP contribution in [0.25, 0.3) is 0 Å². The summed E-state index contributed by atoms with van der Waals surface area (Å²) in [5.41, 5.74) is 1.08. The molecule has 0 bridgehead atoms. The maximum Gasteiger partial charge on any atom is 0.254 e. The van der Waals surface area contributed by atoms with Crippen LogP contribution in [0, 0.1) is 23.4 Å². The Morgan fingerprint density at radius 1 is 1.07 bits per heavy atom. The van der Waals surface area contributed by atoms with Crippen LogP contribution in [0.2, 0.25) is 0 Å². The van der Waals surface area contributed by atoms with Crippen molar-refractivity contribution in [3.8, 4) is 0 Å². The van der Waals surface area contributed by atoms with Crippen molar-refractivity contribution < 1.29 is 22.8 Å². The molecule has 1 aliphatic carbocycles. The average Bonchev–Trinajstić information content (AvgIpc) is 3.54. The molecule has 146 valence electrons. The van der Waals surface area contributed by atoms with Crippen molar-refractivity contribution in [2.24, 2.45) is 5.92 Å². The molecular weight excluding hydrogens is 369 g/mol. The van der Waals surface area contributed by atoms with Gasteiger partial charge in [0.05, 0.1) is 0 Å². The molecule has 0 spiro atoms. The molecule has 4 rings (SSSR count). The fourth-order valence-corrected chi connectivity index (χ4v) is 3.44. The molecule has 1 heterocycles. The van der Waals surface area contributed by atoms with E-state index in [0.29, 0.717) is 23.6 Å². The molecule has 1 fully saturated rings. The summed E-state index contributed by atoms with van der Waals surface area (Å²) in [6.45, 7) is 0.805. The topological polar surface area (TPSA) is 49.4 Å². The summed E-state index contributed by atoms with van der Waals surface area (Å²) in [5, 5.41) is 2.85. The van der Waals surface area contributed by atoms with Crippen LogP contribution in [0.3, 0.4) is 0 Å². The van der Waals surface area contributed by atoms with Crippen LogP contribution in [-0.2, 0) is 13.0 Å². The Labute approximate surface area is 160 Å². The highest BCUT2D eigenvalue weighted by atomic mass is 19.2. The third-order valence-electron chi connectivity index (χ3n) is 5.26. The highest BCUT2D eigenvalue weighted by Gasteiger charge is 2.27. The van der Waals surface area contributed by atoms with E-state index < -0.39 is 17.5 Å². The lowest BCUT2D eigenvalue weighted by molar-refractivity contribution is 0.0732. The van der Waals surface area contributed by atoms with Crippen LogP contribution in [0.15, 0.2) is 30.3 Å². The van der Waals surface area contributed by atoms with Gasteiger partial charge in [0.15, 0.2) is 17.5 Å². The first-order chi connectivity index (χ1) is 13.4. The van der Waals surface area contributed by atoms with Gasteiger partial charge in [-0.2, -0.15) is 0 Å². The van der Waals surface area contributed by atoms with Gasteiger partial charge in [0.25, 0.3) is 11.8 Å². The second-order valence-electron chi connectivity index (χ2n) is 7.33. The fraction of sp³-hybridized carbons (Fsp3) is 0.333. The third-order valence-corrected chi connectivity index (χ3v) is 5.26. The second kappa shape index (κ2) is 7.30. The Balaban J connectivity index is 1.50. The largest absolute Gasteiger partial charge is 0.352 e. The van der Waals surface area contributed by atoms with Gasteiger partial charge in [-0.1, -0.05) is 6.07 Å². The summed E-state index contributed by atoms with van der Waals surface area (Å²) in [5.74, 6) is -3.95. The third kappa shape index (κ3) is 3.61. The molecule has 7 heteroatoms.